The van der Waals surface area contributed by atoms with Gasteiger partial charge in [0.1, 0.15) is 0 Å². The van der Waals surface area contributed by atoms with Gasteiger partial charge in [0.25, 0.3) is 0 Å². The molecule has 0 aromatic heterocycles. The molecule has 5 rings (SSSR count). The summed E-state index contributed by atoms with van der Waals surface area (Å²) < 4.78 is 0. The highest BCUT2D eigenvalue weighted by atomic mass is 35.5. The third-order valence-corrected chi connectivity index (χ3v) is 7.77. The van der Waals surface area contributed by atoms with E-state index >= 15 is 0 Å². The van der Waals surface area contributed by atoms with Crippen molar-refractivity contribution >= 4 is 39.9 Å². The van der Waals surface area contributed by atoms with Crippen molar-refractivity contribution in [3.05, 3.63) is 96.1 Å². The summed E-state index contributed by atoms with van der Waals surface area (Å²) in [6.07, 6.45) is 5.06. The third kappa shape index (κ3) is 7.35. The Morgan fingerprint density at radius 3 is 1.95 bits per heavy atom. The van der Waals surface area contributed by atoms with Crippen molar-refractivity contribution in [2.45, 2.75) is 38.6 Å². The Balaban J connectivity index is 0.00000336. The fraction of sp³-hybridized carbons (Fsp3) is 0.364. The fourth-order valence-corrected chi connectivity index (χ4v) is 5.58. The summed E-state index contributed by atoms with van der Waals surface area (Å²) in [7, 11) is 0. The van der Waals surface area contributed by atoms with E-state index in [9.17, 15) is 4.79 Å². The van der Waals surface area contributed by atoms with Gasteiger partial charge in [-0.3, -0.25) is 4.79 Å². The molecule has 1 amide bonds. The normalized spacial score (nSPS) is 14.1. The maximum absolute atomic E-state index is 13.0. The van der Waals surface area contributed by atoms with Crippen LogP contribution in [0.25, 0.3) is 21.5 Å². The van der Waals surface area contributed by atoms with Gasteiger partial charge in [-0.25, -0.2) is 0 Å². The van der Waals surface area contributed by atoms with Gasteiger partial charge in [-0.15, -0.1) is 12.4 Å². The maximum atomic E-state index is 13.0. The summed E-state index contributed by atoms with van der Waals surface area (Å²) in [5.74, 6) is 0.935. The molecule has 5 heteroatoms. The SMILES string of the molecule is Cl.O=C(Cc1cccc2ccccc12)N1CCC(CNCCCCNCc2cccc3ccccc23)CC1. The van der Waals surface area contributed by atoms with Crippen molar-refractivity contribution in [3.63, 3.8) is 0 Å². The maximum Gasteiger partial charge on any atom is 0.227 e. The minimum atomic E-state index is 0. The van der Waals surface area contributed by atoms with Crippen molar-refractivity contribution in [3.8, 4) is 0 Å². The van der Waals surface area contributed by atoms with E-state index in [-0.39, 0.29) is 18.3 Å². The van der Waals surface area contributed by atoms with E-state index in [2.05, 4.69) is 100 Å². The van der Waals surface area contributed by atoms with Crippen LogP contribution in [0, 0.1) is 5.92 Å². The molecule has 200 valence electrons. The monoisotopic (exact) mass is 529 g/mol. The molecule has 0 unspecified atom stereocenters. The van der Waals surface area contributed by atoms with Crippen LogP contribution in [0.1, 0.15) is 36.8 Å². The number of nitrogens with zero attached hydrogens (tertiary/aromatic N) is 1. The summed E-state index contributed by atoms with van der Waals surface area (Å²) in [5, 5.41) is 12.3. The number of unbranched alkanes of at least 4 members (excludes halogenated alkanes) is 1. The lowest BCUT2D eigenvalue weighted by molar-refractivity contribution is -0.131. The summed E-state index contributed by atoms with van der Waals surface area (Å²) in [5.41, 5.74) is 2.51. The van der Waals surface area contributed by atoms with Crippen LogP contribution in [-0.2, 0) is 17.8 Å². The first-order valence-corrected chi connectivity index (χ1v) is 13.9. The number of hydrogen-bond donors (Lipinski definition) is 2. The predicted octanol–water partition coefficient (Wildman–Crippen LogP) is 6.36. The number of rotatable bonds is 11. The van der Waals surface area contributed by atoms with E-state index in [0.717, 1.165) is 57.7 Å². The van der Waals surface area contributed by atoms with E-state index in [1.807, 2.05) is 0 Å². The van der Waals surface area contributed by atoms with E-state index < -0.39 is 0 Å². The van der Waals surface area contributed by atoms with Gasteiger partial charge in [-0.1, -0.05) is 84.9 Å². The number of hydrogen-bond acceptors (Lipinski definition) is 3. The van der Waals surface area contributed by atoms with Gasteiger partial charge >= 0.3 is 0 Å². The second-order valence-electron chi connectivity index (χ2n) is 10.4. The standard InChI is InChI=1S/C33H39N3O.ClH/c37-33(23-29-13-7-11-27-9-1-3-15-31(27)29)36-21-17-26(18-22-36)24-34-19-5-6-20-35-25-30-14-8-12-28-10-2-4-16-32(28)30;/h1-4,7-16,26,34-35H,5-6,17-25H2;1H. The van der Waals surface area contributed by atoms with Crippen LogP contribution in [0.2, 0.25) is 0 Å². The van der Waals surface area contributed by atoms with Crippen LogP contribution < -0.4 is 10.6 Å². The average Bonchev–Trinajstić information content (AvgIpc) is 2.95. The van der Waals surface area contributed by atoms with Crippen LogP contribution in [0.15, 0.2) is 84.9 Å². The summed E-state index contributed by atoms with van der Waals surface area (Å²) in [6, 6.07) is 29.8. The molecule has 0 spiro atoms. The number of piperidine rings is 1. The molecule has 0 saturated carbocycles. The zero-order chi connectivity index (χ0) is 25.3. The van der Waals surface area contributed by atoms with Crippen molar-refractivity contribution in [2.75, 3.05) is 32.7 Å². The van der Waals surface area contributed by atoms with E-state index in [1.54, 1.807) is 0 Å². The Hall–Kier alpha value is -2.92. The quantitative estimate of drug-likeness (QED) is 0.222. The lowest BCUT2D eigenvalue weighted by atomic mass is 9.95. The zero-order valence-electron chi connectivity index (χ0n) is 22.2. The topological polar surface area (TPSA) is 44.4 Å². The van der Waals surface area contributed by atoms with Gasteiger partial charge in [0, 0.05) is 19.6 Å². The third-order valence-electron chi connectivity index (χ3n) is 7.77. The zero-order valence-corrected chi connectivity index (χ0v) is 23.0. The number of nitrogens with one attached hydrogen (secondary N) is 2. The molecule has 1 fully saturated rings. The smallest absolute Gasteiger partial charge is 0.227 e. The van der Waals surface area contributed by atoms with Crippen LogP contribution in [0.3, 0.4) is 0 Å². The number of fused-ring (bicyclic) bond motifs is 2. The molecule has 0 bridgehead atoms. The van der Waals surface area contributed by atoms with Gasteiger partial charge in [0.15, 0.2) is 0 Å². The Bertz CT molecular complexity index is 1310. The summed E-state index contributed by atoms with van der Waals surface area (Å²) >= 11 is 0. The van der Waals surface area contributed by atoms with Crippen molar-refractivity contribution < 1.29 is 4.79 Å². The van der Waals surface area contributed by atoms with Gasteiger partial charge < -0.3 is 15.5 Å². The Labute approximate surface area is 233 Å². The fourth-order valence-electron chi connectivity index (χ4n) is 5.58. The molecule has 4 aromatic carbocycles. The molecule has 1 saturated heterocycles. The molecule has 0 atom stereocenters. The van der Waals surface area contributed by atoms with E-state index in [0.29, 0.717) is 12.3 Å². The number of likely N-dealkylation sites (tertiary alicyclic amines) is 1. The second kappa shape index (κ2) is 14.3. The summed E-state index contributed by atoms with van der Waals surface area (Å²) in [6.45, 7) is 5.86. The van der Waals surface area contributed by atoms with Gasteiger partial charge in [0.05, 0.1) is 6.42 Å². The first-order valence-electron chi connectivity index (χ1n) is 13.9. The molecular weight excluding hydrogens is 490 g/mol. The largest absolute Gasteiger partial charge is 0.342 e. The molecular formula is C33H40ClN3O. The van der Waals surface area contributed by atoms with Crippen LogP contribution >= 0.6 is 12.4 Å². The number of carbonyl (C=O) groups is 1. The molecule has 4 nitrogen and oxygen atoms in total. The van der Waals surface area contributed by atoms with E-state index in [1.165, 1.54) is 39.9 Å². The van der Waals surface area contributed by atoms with Crippen LogP contribution in [0.4, 0.5) is 0 Å². The lowest BCUT2D eigenvalue weighted by Gasteiger charge is -2.32. The molecule has 0 radical (unpaired) electrons. The second-order valence-corrected chi connectivity index (χ2v) is 10.4. The first kappa shape index (κ1) is 28.1. The summed E-state index contributed by atoms with van der Waals surface area (Å²) in [4.78, 5) is 15.0. The average molecular weight is 530 g/mol. The van der Waals surface area contributed by atoms with Crippen molar-refractivity contribution in [2.24, 2.45) is 5.92 Å². The molecule has 1 aliphatic rings. The first-order chi connectivity index (χ1) is 18.3. The number of carbonyl (C=O) groups excluding carboxylic acids is 1. The Kier molecular flexibility index (Phi) is 10.6. The minimum Gasteiger partial charge on any atom is -0.342 e. The van der Waals surface area contributed by atoms with E-state index in [4.69, 9.17) is 0 Å². The molecule has 38 heavy (non-hydrogen) atoms. The Morgan fingerprint density at radius 1 is 0.711 bits per heavy atom. The molecule has 1 heterocycles. The van der Waals surface area contributed by atoms with Gasteiger partial charge in [-0.05, 0) is 83.9 Å². The van der Waals surface area contributed by atoms with Crippen LogP contribution in [-0.4, -0.2) is 43.5 Å². The van der Waals surface area contributed by atoms with Gasteiger partial charge in [0.2, 0.25) is 5.91 Å². The highest BCUT2D eigenvalue weighted by Gasteiger charge is 2.23. The molecule has 1 aliphatic heterocycles. The predicted molar refractivity (Wildman–Crippen MR) is 162 cm³/mol. The van der Waals surface area contributed by atoms with Crippen LogP contribution in [0.5, 0.6) is 0 Å². The molecule has 4 aromatic rings. The highest BCUT2D eigenvalue weighted by molar-refractivity contribution is 5.90. The molecule has 2 N–H and O–H groups in total. The van der Waals surface area contributed by atoms with Crippen molar-refractivity contribution in [1.29, 1.82) is 0 Å². The highest BCUT2D eigenvalue weighted by Crippen LogP contribution is 2.22. The number of benzene rings is 4. The van der Waals surface area contributed by atoms with Crippen molar-refractivity contribution in [1.82, 2.24) is 15.5 Å². The Morgan fingerprint density at radius 2 is 1.26 bits per heavy atom. The lowest BCUT2D eigenvalue weighted by Crippen LogP contribution is -2.41. The number of amides is 1. The van der Waals surface area contributed by atoms with Gasteiger partial charge in [-0.2, -0.15) is 0 Å². The molecule has 0 aliphatic carbocycles. The number of halogens is 1. The minimum absolute atomic E-state index is 0.